The van der Waals surface area contributed by atoms with E-state index in [4.69, 9.17) is 9.79 Å². The van der Waals surface area contributed by atoms with Gasteiger partial charge in [-0.15, -0.1) is 0 Å². The molecule has 17 heavy (non-hydrogen) atoms. The normalized spacial score (nSPS) is 10.7. The van der Waals surface area contributed by atoms with Gasteiger partial charge in [0.1, 0.15) is 6.16 Å². The molecule has 0 heterocycles. The van der Waals surface area contributed by atoms with E-state index in [0.29, 0.717) is 12.8 Å². The fraction of sp³-hybridized carbons (Fsp3) is 0.556. The van der Waals surface area contributed by atoms with Crippen LogP contribution >= 0.6 is 7.60 Å². The van der Waals surface area contributed by atoms with Crippen LogP contribution in [0.25, 0.3) is 0 Å². The van der Waals surface area contributed by atoms with Gasteiger partial charge in [-0.05, 0) is 12.8 Å². The highest BCUT2D eigenvalue weighted by Gasteiger charge is 2.19. The van der Waals surface area contributed by atoms with E-state index in [1.54, 1.807) is 0 Å². The van der Waals surface area contributed by atoms with Crippen molar-refractivity contribution in [2.24, 2.45) is 0 Å². The Hall–Kier alpha value is -1.17. The molecule has 0 saturated carbocycles. The van der Waals surface area contributed by atoms with Gasteiger partial charge >= 0.3 is 19.5 Å². The maximum atomic E-state index is 10.8. The number of carbonyl (C=O) groups excluding carboxylic acids is 2. The number of esters is 2. The first-order chi connectivity index (χ1) is 7.85. The van der Waals surface area contributed by atoms with E-state index >= 15 is 0 Å². The molecule has 0 aromatic rings. The van der Waals surface area contributed by atoms with E-state index in [9.17, 15) is 14.2 Å². The van der Waals surface area contributed by atoms with Crippen LogP contribution in [0.3, 0.4) is 0 Å². The van der Waals surface area contributed by atoms with Crippen molar-refractivity contribution in [3.63, 3.8) is 0 Å². The molecule has 0 aliphatic carbocycles. The molecule has 0 rings (SSSR count). The van der Waals surface area contributed by atoms with Crippen molar-refractivity contribution in [2.45, 2.75) is 12.8 Å². The highest BCUT2D eigenvalue weighted by atomic mass is 31.2. The standard InChI is InChI=1S/C9H15O7P/c1-2-8(10)15-5-3-4-6-16-9(11)7-17(12,13)14/h2H,1,3-7H2,(H2,12,13,14). The predicted octanol–water partition coefficient (Wildman–Crippen LogP) is 0.217. The summed E-state index contributed by atoms with van der Waals surface area (Å²) in [6.07, 6.45) is 1.05. The second-order valence-corrected chi connectivity index (χ2v) is 4.77. The van der Waals surface area contributed by atoms with Crippen LogP contribution in [0.1, 0.15) is 12.8 Å². The van der Waals surface area contributed by atoms with Crippen molar-refractivity contribution in [3.05, 3.63) is 12.7 Å². The minimum atomic E-state index is -4.36. The van der Waals surface area contributed by atoms with Gasteiger partial charge in [-0.1, -0.05) is 6.58 Å². The van der Waals surface area contributed by atoms with Crippen LogP contribution in [0, 0.1) is 0 Å². The molecule has 0 unspecified atom stereocenters. The van der Waals surface area contributed by atoms with Crippen LogP contribution < -0.4 is 0 Å². The molecule has 7 nitrogen and oxygen atoms in total. The van der Waals surface area contributed by atoms with Gasteiger partial charge in [0.25, 0.3) is 0 Å². The topological polar surface area (TPSA) is 110 Å². The van der Waals surface area contributed by atoms with Crippen LogP contribution in [-0.4, -0.2) is 41.1 Å². The lowest BCUT2D eigenvalue weighted by molar-refractivity contribution is -0.142. The maximum Gasteiger partial charge on any atom is 0.336 e. The Morgan fingerprint density at radius 3 is 2.18 bits per heavy atom. The molecule has 0 atom stereocenters. The maximum absolute atomic E-state index is 10.8. The number of ether oxygens (including phenoxy) is 2. The molecule has 0 saturated heterocycles. The average Bonchev–Trinajstić information content (AvgIpc) is 2.20. The molecule has 8 heteroatoms. The lowest BCUT2D eigenvalue weighted by Crippen LogP contribution is -2.11. The van der Waals surface area contributed by atoms with E-state index in [0.717, 1.165) is 6.08 Å². The van der Waals surface area contributed by atoms with Crippen molar-refractivity contribution in [2.75, 3.05) is 19.4 Å². The van der Waals surface area contributed by atoms with Crippen molar-refractivity contribution in [3.8, 4) is 0 Å². The van der Waals surface area contributed by atoms with Crippen LogP contribution in [0.5, 0.6) is 0 Å². The largest absolute Gasteiger partial charge is 0.465 e. The van der Waals surface area contributed by atoms with Gasteiger partial charge in [0.15, 0.2) is 0 Å². The van der Waals surface area contributed by atoms with Gasteiger partial charge < -0.3 is 19.3 Å². The minimum Gasteiger partial charge on any atom is -0.465 e. The number of rotatable bonds is 8. The number of hydrogen-bond donors (Lipinski definition) is 2. The Labute approximate surface area is 98.6 Å². The zero-order valence-electron chi connectivity index (χ0n) is 9.20. The summed E-state index contributed by atoms with van der Waals surface area (Å²) in [5.41, 5.74) is 0. The van der Waals surface area contributed by atoms with E-state index in [-0.39, 0.29) is 13.2 Å². The van der Waals surface area contributed by atoms with Crippen molar-refractivity contribution >= 4 is 19.5 Å². The highest BCUT2D eigenvalue weighted by molar-refractivity contribution is 7.52. The molecular formula is C9H15O7P. The molecule has 0 amide bonds. The SMILES string of the molecule is C=CC(=O)OCCCCOC(=O)CP(=O)(O)O. The van der Waals surface area contributed by atoms with E-state index in [1.165, 1.54) is 0 Å². The molecule has 0 spiro atoms. The third kappa shape index (κ3) is 11.1. The summed E-state index contributed by atoms with van der Waals surface area (Å²) < 4.78 is 19.6. The Kier molecular flexibility index (Phi) is 7.45. The fourth-order valence-electron chi connectivity index (χ4n) is 0.836. The van der Waals surface area contributed by atoms with Gasteiger partial charge in [0.05, 0.1) is 13.2 Å². The summed E-state index contributed by atoms with van der Waals surface area (Å²) in [6, 6.07) is 0. The summed E-state index contributed by atoms with van der Waals surface area (Å²) in [7, 11) is -4.36. The van der Waals surface area contributed by atoms with Crippen molar-refractivity contribution < 1.29 is 33.4 Å². The molecule has 2 N–H and O–H groups in total. The summed E-state index contributed by atoms with van der Waals surface area (Å²) in [5, 5.41) is 0. The van der Waals surface area contributed by atoms with Gasteiger partial charge in [-0.25, -0.2) is 4.79 Å². The third-order valence-corrected chi connectivity index (χ3v) is 2.22. The lowest BCUT2D eigenvalue weighted by Gasteiger charge is -2.05. The molecule has 0 aliphatic heterocycles. The molecule has 0 fully saturated rings. The van der Waals surface area contributed by atoms with Gasteiger partial charge in [0.2, 0.25) is 0 Å². The second-order valence-electron chi connectivity index (χ2n) is 3.12. The molecular weight excluding hydrogens is 251 g/mol. The summed E-state index contributed by atoms with van der Waals surface area (Å²) in [5.74, 6) is -1.47. The van der Waals surface area contributed by atoms with E-state index < -0.39 is 25.7 Å². The highest BCUT2D eigenvalue weighted by Crippen LogP contribution is 2.33. The Balaban J connectivity index is 3.46. The zero-order chi connectivity index (χ0) is 13.3. The summed E-state index contributed by atoms with van der Waals surface area (Å²) >= 11 is 0. The molecule has 0 aliphatic rings. The molecule has 98 valence electrons. The Bertz CT molecular complexity index is 319. The molecule has 0 radical (unpaired) electrons. The summed E-state index contributed by atoms with van der Waals surface area (Å²) in [6.45, 7) is 3.43. The van der Waals surface area contributed by atoms with Crippen LogP contribution in [-0.2, 0) is 23.6 Å². The van der Waals surface area contributed by atoms with Crippen molar-refractivity contribution in [1.82, 2.24) is 0 Å². The molecule has 0 aromatic carbocycles. The van der Waals surface area contributed by atoms with Gasteiger partial charge in [0, 0.05) is 6.08 Å². The van der Waals surface area contributed by atoms with Gasteiger partial charge in [-0.2, -0.15) is 0 Å². The first kappa shape index (κ1) is 15.8. The predicted molar refractivity (Wildman–Crippen MR) is 58.3 cm³/mol. The van der Waals surface area contributed by atoms with E-state index in [2.05, 4.69) is 16.1 Å². The number of unbranched alkanes of at least 4 members (excludes halogenated alkanes) is 1. The lowest BCUT2D eigenvalue weighted by atomic mass is 10.3. The first-order valence-electron chi connectivity index (χ1n) is 4.84. The van der Waals surface area contributed by atoms with Crippen LogP contribution in [0.15, 0.2) is 12.7 Å². The Morgan fingerprint density at radius 2 is 1.71 bits per heavy atom. The van der Waals surface area contributed by atoms with Gasteiger partial charge in [-0.3, -0.25) is 9.36 Å². The number of carbonyl (C=O) groups is 2. The minimum absolute atomic E-state index is 0.0322. The first-order valence-corrected chi connectivity index (χ1v) is 6.64. The van der Waals surface area contributed by atoms with Crippen molar-refractivity contribution in [1.29, 1.82) is 0 Å². The third-order valence-electron chi connectivity index (χ3n) is 1.55. The average molecular weight is 266 g/mol. The second kappa shape index (κ2) is 8.00. The Morgan fingerprint density at radius 1 is 1.18 bits per heavy atom. The summed E-state index contributed by atoms with van der Waals surface area (Å²) in [4.78, 5) is 38.4. The quantitative estimate of drug-likeness (QED) is 0.280. The monoisotopic (exact) mass is 266 g/mol. The smallest absolute Gasteiger partial charge is 0.336 e. The fourth-order valence-corrected chi connectivity index (χ4v) is 1.26. The number of hydrogen-bond acceptors (Lipinski definition) is 5. The molecule has 0 bridgehead atoms. The van der Waals surface area contributed by atoms with Crippen LogP contribution in [0.4, 0.5) is 0 Å². The molecule has 0 aromatic heterocycles. The van der Waals surface area contributed by atoms with Crippen LogP contribution in [0.2, 0.25) is 0 Å². The van der Waals surface area contributed by atoms with E-state index in [1.807, 2.05) is 0 Å². The zero-order valence-corrected chi connectivity index (χ0v) is 10.1.